The van der Waals surface area contributed by atoms with E-state index in [9.17, 15) is 37.4 Å². The monoisotopic (exact) mass is 742 g/mol. The second-order valence-electron chi connectivity index (χ2n) is 13.5. The summed E-state index contributed by atoms with van der Waals surface area (Å²) in [6, 6.07) is 14.2. The molecule has 3 aromatic carbocycles. The molecule has 276 valence electrons. The van der Waals surface area contributed by atoms with E-state index in [1.165, 1.54) is 30.3 Å². The van der Waals surface area contributed by atoms with Gasteiger partial charge in [0.25, 0.3) is 0 Å². The number of phenols is 1. The maximum atomic E-state index is 14.7. The first-order valence-corrected chi connectivity index (χ1v) is 17.9. The number of H-pyrrole nitrogens is 1. The average Bonchev–Trinajstić information content (AvgIpc) is 3.69. The number of thiazole rings is 1. The van der Waals surface area contributed by atoms with Crippen LogP contribution >= 0.6 is 11.3 Å². The third kappa shape index (κ3) is 7.71. The zero-order chi connectivity index (χ0) is 36.6. The summed E-state index contributed by atoms with van der Waals surface area (Å²) in [6.07, 6.45) is -3.89. The molecule has 1 amide bonds. The second-order valence-corrected chi connectivity index (χ2v) is 14.4. The summed E-state index contributed by atoms with van der Waals surface area (Å²) in [7, 11) is 0. The number of aromatic hydroxyl groups is 1. The number of alkyl halides is 3. The molecular weight excluding hydrogens is 704 g/mol. The van der Waals surface area contributed by atoms with Crippen molar-refractivity contribution in [3.63, 3.8) is 0 Å². The van der Waals surface area contributed by atoms with Crippen LogP contribution in [-0.2, 0) is 35.2 Å². The van der Waals surface area contributed by atoms with E-state index in [1.54, 1.807) is 23.1 Å². The molecule has 2 fully saturated rings. The molecule has 0 bridgehead atoms. The smallest absolute Gasteiger partial charge is 0.449 e. The predicted octanol–water partition coefficient (Wildman–Crippen LogP) is 4.56. The molecule has 0 saturated carbocycles. The summed E-state index contributed by atoms with van der Waals surface area (Å²) in [5, 5.41) is 24.0. The van der Waals surface area contributed by atoms with Crippen molar-refractivity contribution in [1.29, 1.82) is 0 Å². The topological polar surface area (TPSA) is 136 Å². The molecule has 1 atom stereocenters. The Morgan fingerprint density at radius 2 is 1.87 bits per heavy atom. The molecule has 2 aromatic heterocycles. The van der Waals surface area contributed by atoms with Gasteiger partial charge in [-0.2, -0.15) is 13.2 Å². The molecule has 2 saturated heterocycles. The summed E-state index contributed by atoms with van der Waals surface area (Å²) < 4.78 is 63.8. The van der Waals surface area contributed by atoms with E-state index in [0.29, 0.717) is 61.2 Å². The summed E-state index contributed by atoms with van der Waals surface area (Å²) in [5.74, 6) is -1.93. The fraction of sp³-hybridized carbons (Fsp3) is 0.417. The van der Waals surface area contributed by atoms with Gasteiger partial charge in [-0.1, -0.05) is 35.6 Å². The predicted molar refractivity (Wildman–Crippen MR) is 187 cm³/mol. The fourth-order valence-corrected chi connectivity index (χ4v) is 8.18. The van der Waals surface area contributed by atoms with E-state index in [1.807, 2.05) is 6.07 Å². The third-order valence-corrected chi connectivity index (χ3v) is 10.8. The van der Waals surface area contributed by atoms with E-state index in [2.05, 4.69) is 20.2 Å². The van der Waals surface area contributed by atoms with Gasteiger partial charge < -0.3 is 34.7 Å². The van der Waals surface area contributed by atoms with Gasteiger partial charge in [-0.3, -0.25) is 14.5 Å². The van der Waals surface area contributed by atoms with Gasteiger partial charge in [0.05, 0.1) is 34.0 Å². The Morgan fingerprint density at radius 1 is 1.10 bits per heavy atom. The number of nitrogens with one attached hydrogen (secondary N) is 2. The van der Waals surface area contributed by atoms with Gasteiger partial charge in [0.1, 0.15) is 23.6 Å². The SMILES string of the molecule is O=C(Cn1c(C(F)(F)F)nc2ccccc21)N1CCOC2(CCN(Cc3cc(F)cc(CCNCC(O)c4ccc(O)c5[nH]c(=O)sc45)c3)CC2)C1. The second kappa shape index (κ2) is 14.6. The lowest BCUT2D eigenvalue weighted by Crippen LogP contribution is -2.58. The summed E-state index contributed by atoms with van der Waals surface area (Å²) in [4.78, 5) is 35.0. The molecule has 1 unspecified atom stereocenters. The molecule has 4 heterocycles. The van der Waals surface area contributed by atoms with E-state index >= 15 is 0 Å². The number of para-hydroxylation sites is 2. The normalized spacial score (nSPS) is 17.4. The first-order chi connectivity index (χ1) is 24.9. The molecule has 7 rings (SSSR count). The van der Waals surface area contributed by atoms with E-state index in [0.717, 1.165) is 27.0 Å². The molecule has 16 heteroatoms. The number of likely N-dealkylation sites (tertiary alicyclic amines) is 1. The zero-order valence-electron chi connectivity index (χ0n) is 28.1. The van der Waals surface area contributed by atoms with Gasteiger partial charge in [0.15, 0.2) is 0 Å². The van der Waals surface area contributed by atoms with Crippen molar-refractivity contribution in [2.45, 2.75) is 50.2 Å². The average molecular weight is 743 g/mol. The Balaban J connectivity index is 0.913. The van der Waals surface area contributed by atoms with Crippen molar-refractivity contribution in [2.24, 2.45) is 0 Å². The molecule has 2 aliphatic heterocycles. The zero-order valence-corrected chi connectivity index (χ0v) is 28.9. The number of hydrogen-bond acceptors (Lipinski definition) is 9. The molecule has 1 spiro atoms. The first kappa shape index (κ1) is 36.0. The Morgan fingerprint density at radius 3 is 2.65 bits per heavy atom. The van der Waals surface area contributed by atoms with E-state index in [4.69, 9.17) is 4.74 Å². The number of rotatable bonds is 10. The molecule has 4 N–H and O–H groups in total. The maximum Gasteiger partial charge on any atom is 0.449 e. The van der Waals surface area contributed by atoms with Crippen molar-refractivity contribution in [1.82, 2.24) is 29.7 Å². The number of aliphatic hydroxyl groups is 1. The highest BCUT2D eigenvalue weighted by molar-refractivity contribution is 7.16. The number of phenolic OH excluding ortho intramolecular Hbond substituents is 1. The number of imidazole rings is 1. The van der Waals surface area contributed by atoms with Crippen molar-refractivity contribution in [3.8, 4) is 5.75 Å². The lowest BCUT2D eigenvalue weighted by atomic mass is 9.89. The molecule has 0 aliphatic carbocycles. The van der Waals surface area contributed by atoms with Crippen molar-refractivity contribution >= 4 is 38.5 Å². The van der Waals surface area contributed by atoms with Crippen LogP contribution in [0.1, 0.15) is 41.5 Å². The number of piperidine rings is 1. The minimum atomic E-state index is -4.71. The number of amides is 1. The number of hydrogen-bond donors (Lipinski definition) is 4. The quantitative estimate of drug-likeness (QED) is 0.121. The summed E-state index contributed by atoms with van der Waals surface area (Å²) >= 11 is 0.923. The van der Waals surface area contributed by atoms with Gasteiger partial charge in [-0.15, -0.1) is 0 Å². The molecular formula is C36H38F4N6O5S. The van der Waals surface area contributed by atoms with Gasteiger partial charge in [0, 0.05) is 44.8 Å². The van der Waals surface area contributed by atoms with Crippen LogP contribution in [-0.4, -0.2) is 91.9 Å². The number of ether oxygens (including phenoxy) is 1. The van der Waals surface area contributed by atoms with Gasteiger partial charge in [-0.25, -0.2) is 9.37 Å². The van der Waals surface area contributed by atoms with Gasteiger partial charge in [-0.05, 0) is 67.3 Å². The van der Waals surface area contributed by atoms with Crippen LogP contribution in [0.25, 0.3) is 21.3 Å². The summed E-state index contributed by atoms with van der Waals surface area (Å²) in [5.41, 5.74) is 2.26. The number of aromatic amines is 1. The van der Waals surface area contributed by atoms with E-state index in [-0.39, 0.29) is 53.7 Å². The highest BCUT2D eigenvalue weighted by Crippen LogP contribution is 2.34. The minimum absolute atomic E-state index is 0.0613. The highest BCUT2D eigenvalue weighted by atomic mass is 32.1. The van der Waals surface area contributed by atoms with E-state index < -0.39 is 36.2 Å². The van der Waals surface area contributed by atoms with Crippen LogP contribution in [0, 0.1) is 5.82 Å². The first-order valence-electron chi connectivity index (χ1n) is 17.1. The third-order valence-electron chi connectivity index (χ3n) is 9.87. The van der Waals surface area contributed by atoms with Crippen LogP contribution in [0.15, 0.2) is 59.4 Å². The lowest BCUT2D eigenvalue weighted by Gasteiger charge is -2.47. The molecule has 5 aromatic rings. The van der Waals surface area contributed by atoms with Crippen LogP contribution in [0.5, 0.6) is 5.75 Å². The number of carbonyl (C=O) groups excluding carboxylic acids is 1. The Hall–Kier alpha value is -4.35. The number of halogens is 4. The Bertz CT molecular complexity index is 2140. The van der Waals surface area contributed by atoms with Crippen molar-refractivity contribution in [3.05, 3.63) is 92.6 Å². The Labute approximate surface area is 299 Å². The van der Waals surface area contributed by atoms with Gasteiger partial charge >= 0.3 is 11.0 Å². The number of fused-ring (bicyclic) bond motifs is 2. The molecule has 0 radical (unpaired) electrons. The number of aromatic nitrogens is 3. The number of aliphatic hydroxyl groups excluding tert-OH is 1. The highest BCUT2D eigenvalue weighted by Gasteiger charge is 2.42. The van der Waals surface area contributed by atoms with Crippen LogP contribution in [0.2, 0.25) is 0 Å². The van der Waals surface area contributed by atoms with Crippen LogP contribution in [0.4, 0.5) is 17.6 Å². The number of nitrogens with zero attached hydrogens (tertiary/aromatic N) is 4. The van der Waals surface area contributed by atoms with Crippen molar-refractivity contribution < 1.29 is 37.3 Å². The summed E-state index contributed by atoms with van der Waals surface area (Å²) in [6.45, 7) is 2.83. The number of benzene rings is 3. The molecule has 11 nitrogen and oxygen atoms in total. The fourth-order valence-electron chi connectivity index (χ4n) is 7.26. The molecule has 52 heavy (non-hydrogen) atoms. The maximum absolute atomic E-state index is 14.7. The van der Waals surface area contributed by atoms with Gasteiger partial charge in [0.2, 0.25) is 11.7 Å². The lowest BCUT2D eigenvalue weighted by molar-refractivity contribution is -0.161. The largest absolute Gasteiger partial charge is 0.506 e. The minimum Gasteiger partial charge on any atom is -0.506 e. The molecule has 2 aliphatic rings. The van der Waals surface area contributed by atoms with Crippen molar-refractivity contribution in [2.75, 3.05) is 45.9 Å². The van der Waals surface area contributed by atoms with Crippen LogP contribution < -0.4 is 10.2 Å². The standard InChI is InChI=1S/C36H38F4N6O5S/c37-24-16-22(7-10-41-18-29(48)25-5-6-28(47)31-32(25)52-34(50)43-31)15-23(17-24)19-44-11-8-35(9-12-44)21-45(13-14-51-35)30(49)20-46-27-4-2-1-3-26(27)42-33(46)36(38,39)40/h1-6,15-17,29,41,47-48H,7-14,18-21H2,(H,43,50). The number of carbonyl (C=O) groups is 1. The number of morpholine rings is 1. The Kier molecular flexibility index (Phi) is 10.1. The van der Waals surface area contributed by atoms with Crippen LogP contribution in [0.3, 0.4) is 0 Å².